The van der Waals surface area contributed by atoms with Gasteiger partial charge in [-0.05, 0) is 45.7 Å². The Morgan fingerprint density at radius 1 is 1.25 bits per heavy atom. The van der Waals surface area contributed by atoms with Crippen LogP contribution in [0.25, 0.3) is 16.9 Å². The van der Waals surface area contributed by atoms with E-state index in [1.54, 1.807) is 6.20 Å². The Labute approximate surface area is 190 Å². The van der Waals surface area contributed by atoms with Crippen molar-refractivity contribution < 1.29 is 13.5 Å². The first kappa shape index (κ1) is 22.6. The highest BCUT2D eigenvalue weighted by Crippen LogP contribution is 2.32. The van der Waals surface area contributed by atoms with E-state index in [9.17, 15) is 4.21 Å². The molecule has 0 fully saturated rings. The summed E-state index contributed by atoms with van der Waals surface area (Å²) >= 11 is -1.49. The van der Waals surface area contributed by atoms with Crippen molar-refractivity contribution in [1.29, 1.82) is 0 Å². The van der Waals surface area contributed by atoms with Gasteiger partial charge in [0.15, 0.2) is 22.5 Å². The zero-order valence-electron chi connectivity index (χ0n) is 19.0. The fraction of sp³-hybridized carbons (Fsp3) is 0.500. The van der Waals surface area contributed by atoms with Crippen LogP contribution in [-0.2, 0) is 28.3 Å². The molecule has 1 aliphatic heterocycles. The maximum Gasteiger partial charge on any atom is 0.182 e. The Bertz CT molecular complexity index is 1140. The number of aromatic nitrogens is 4. The third-order valence-electron chi connectivity index (χ3n) is 5.36. The number of anilines is 2. The molecule has 3 heterocycles. The van der Waals surface area contributed by atoms with E-state index in [1.807, 2.05) is 37.6 Å². The van der Waals surface area contributed by atoms with E-state index >= 15 is 0 Å². The summed E-state index contributed by atoms with van der Waals surface area (Å²) in [5.74, 6) is 0.550. The van der Waals surface area contributed by atoms with Crippen LogP contribution in [0.15, 0.2) is 24.4 Å². The van der Waals surface area contributed by atoms with Gasteiger partial charge in [-0.3, -0.25) is 4.18 Å². The molecule has 10 heteroatoms. The van der Waals surface area contributed by atoms with Gasteiger partial charge in [0.1, 0.15) is 17.8 Å². The van der Waals surface area contributed by atoms with Crippen LogP contribution in [-0.4, -0.2) is 60.6 Å². The van der Waals surface area contributed by atoms with Gasteiger partial charge in [0.05, 0.1) is 16.6 Å². The normalized spacial score (nSPS) is 14.7. The Morgan fingerprint density at radius 3 is 2.78 bits per heavy atom. The number of hydrogen-bond donors (Lipinski definition) is 2. The minimum Gasteiger partial charge on any atom is -0.396 e. The Hall–Kier alpha value is -2.56. The van der Waals surface area contributed by atoms with Gasteiger partial charge < -0.3 is 15.3 Å². The van der Waals surface area contributed by atoms with Gasteiger partial charge >= 0.3 is 0 Å². The molecule has 1 atom stereocenters. The first-order valence-corrected chi connectivity index (χ1v) is 11.8. The summed E-state index contributed by atoms with van der Waals surface area (Å²) in [6.07, 6.45) is 3.23. The number of benzene rings is 1. The van der Waals surface area contributed by atoms with Crippen LogP contribution in [0.3, 0.4) is 0 Å². The number of rotatable bonds is 8. The Kier molecular flexibility index (Phi) is 6.45. The molecule has 32 heavy (non-hydrogen) atoms. The van der Waals surface area contributed by atoms with Crippen molar-refractivity contribution in [3.8, 4) is 5.69 Å². The van der Waals surface area contributed by atoms with Gasteiger partial charge in [0.25, 0.3) is 0 Å². The number of nitrogens with one attached hydrogen (secondary N) is 1. The van der Waals surface area contributed by atoms with E-state index in [0.29, 0.717) is 35.6 Å². The molecule has 3 aromatic rings. The molecule has 0 bridgehead atoms. The standard InChI is InChI=1S/C22H30N6O3S/c1-22(2,3)32(30)31-14-17-20(23-10-6-12-29)25-16-13-24-28(21(16)26-17)19-8-5-7-18-15(19)9-11-27(18)4/h5,7-8,13,29H,6,9-12,14H2,1-4H3,(H,23,25). The molecule has 2 N–H and O–H groups in total. The van der Waals surface area contributed by atoms with E-state index in [-0.39, 0.29) is 13.2 Å². The minimum atomic E-state index is -1.49. The number of likely N-dealkylation sites (N-methyl/N-ethyl adjacent to an activating group) is 1. The van der Waals surface area contributed by atoms with Crippen molar-refractivity contribution >= 4 is 33.7 Å². The SMILES string of the molecule is CN1CCc2c1cccc2-n1ncc2nc(NCCCO)c(COS(=O)C(C)(C)C)nc21. The molecule has 0 spiro atoms. The monoisotopic (exact) mass is 458 g/mol. The first-order valence-electron chi connectivity index (χ1n) is 10.8. The lowest BCUT2D eigenvalue weighted by Crippen LogP contribution is -2.24. The molecule has 0 saturated carbocycles. The van der Waals surface area contributed by atoms with Crippen molar-refractivity contribution in [2.24, 2.45) is 0 Å². The van der Waals surface area contributed by atoms with E-state index in [0.717, 1.165) is 18.7 Å². The molecule has 0 saturated heterocycles. The average molecular weight is 459 g/mol. The van der Waals surface area contributed by atoms with Crippen LogP contribution < -0.4 is 10.2 Å². The second kappa shape index (κ2) is 9.13. The summed E-state index contributed by atoms with van der Waals surface area (Å²) in [6, 6.07) is 6.19. The second-order valence-corrected chi connectivity index (χ2v) is 10.8. The molecule has 1 aliphatic rings. The second-order valence-electron chi connectivity index (χ2n) is 8.84. The van der Waals surface area contributed by atoms with E-state index < -0.39 is 15.8 Å². The highest BCUT2D eigenvalue weighted by atomic mass is 32.2. The summed E-state index contributed by atoms with van der Waals surface area (Å²) in [5.41, 5.74) is 5.26. The molecule has 172 valence electrons. The van der Waals surface area contributed by atoms with E-state index in [4.69, 9.17) is 19.3 Å². The van der Waals surface area contributed by atoms with Crippen molar-refractivity contribution in [2.45, 2.75) is 45.0 Å². The lowest BCUT2D eigenvalue weighted by Gasteiger charge is -2.17. The fourth-order valence-electron chi connectivity index (χ4n) is 3.65. The molecule has 0 radical (unpaired) electrons. The van der Waals surface area contributed by atoms with Crippen LogP contribution in [0.2, 0.25) is 0 Å². The van der Waals surface area contributed by atoms with Gasteiger partial charge in [0, 0.05) is 38.0 Å². The Morgan fingerprint density at radius 2 is 2.03 bits per heavy atom. The van der Waals surface area contributed by atoms with E-state index in [2.05, 4.69) is 28.4 Å². The molecule has 9 nitrogen and oxygen atoms in total. The summed E-state index contributed by atoms with van der Waals surface area (Å²) in [7, 11) is 2.09. The van der Waals surface area contributed by atoms with Crippen molar-refractivity contribution in [2.75, 3.05) is 37.0 Å². The van der Waals surface area contributed by atoms with Crippen LogP contribution >= 0.6 is 0 Å². The molecule has 2 aromatic heterocycles. The topological polar surface area (TPSA) is 105 Å². The van der Waals surface area contributed by atoms with Crippen LogP contribution in [0.1, 0.15) is 38.4 Å². The lowest BCUT2D eigenvalue weighted by atomic mass is 10.1. The van der Waals surface area contributed by atoms with Crippen molar-refractivity contribution in [1.82, 2.24) is 19.7 Å². The number of aliphatic hydroxyl groups excluding tert-OH is 1. The van der Waals surface area contributed by atoms with Gasteiger partial charge in [0.2, 0.25) is 0 Å². The Balaban J connectivity index is 1.74. The highest BCUT2D eigenvalue weighted by molar-refractivity contribution is 7.81. The quantitative estimate of drug-likeness (QED) is 0.496. The predicted octanol–water partition coefficient (Wildman–Crippen LogP) is 2.58. The third-order valence-corrected chi connectivity index (χ3v) is 6.70. The van der Waals surface area contributed by atoms with Crippen LogP contribution in [0.4, 0.5) is 11.5 Å². The summed E-state index contributed by atoms with van der Waals surface area (Å²) in [5, 5.41) is 16.9. The van der Waals surface area contributed by atoms with Crippen molar-refractivity contribution in [3.05, 3.63) is 35.7 Å². The molecule has 0 aliphatic carbocycles. The van der Waals surface area contributed by atoms with E-state index in [1.165, 1.54) is 11.3 Å². The van der Waals surface area contributed by atoms with Crippen LogP contribution in [0, 0.1) is 0 Å². The molecule has 0 amide bonds. The maximum absolute atomic E-state index is 12.4. The van der Waals surface area contributed by atoms with Gasteiger partial charge in [-0.25, -0.2) is 18.9 Å². The predicted molar refractivity (Wildman–Crippen MR) is 127 cm³/mol. The fourth-order valence-corrected chi connectivity index (χ4v) is 4.22. The molecular weight excluding hydrogens is 428 g/mol. The minimum absolute atomic E-state index is 0.0507. The van der Waals surface area contributed by atoms with Crippen LogP contribution in [0.5, 0.6) is 0 Å². The molecule has 1 unspecified atom stereocenters. The average Bonchev–Trinajstić information content (AvgIpc) is 3.34. The lowest BCUT2D eigenvalue weighted by molar-refractivity contribution is 0.292. The highest BCUT2D eigenvalue weighted by Gasteiger charge is 2.24. The van der Waals surface area contributed by atoms with Gasteiger partial charge in [-0.2, -0.15) is 5.10 Å². The first-order chi connectivity index (χ1) is 15.3. The number of aliphatic hydroxyl groups is 1. The van der Waals surface area contributed by atoms with Gasteiger partial charge in [-0.1, -0.05) is 6.07 Å². The molecular formula is C22H30N6O3S. The summed E-state index contributed by atoms with van der Waals surface area (Å²) in [6.45, 7) is 7.22. The van der Waals surface area contributed by atoms with Gasteiger partial charge in [-0.15, -0.1) is 0 Å². The molecule has 1 aromatic carbocycles. The third kappa shape index (κ3) is 4.48. The summed E-state index contributed by atoms with van der Waals surface area (Å²) < 4.78 is 19.4. The number of nitrogens with zero attached hydrogens (tertiary/aromatic N) is 5. The largest absolute Gasteiger partial charge is 0.396 e. The molecule has 4 rings (SSSR count). The van der Waals surface area contributed by atoms with Crippen molar-refractivity contribution in [3.63, 3.8) is 0 Å². The zero-order valence-corrected chi connectivity index (χ0v) is 19.8. The number of fused-ring (bicyclic) bond motifs is 2. The zero-order chi connectivity index (χ0) is 22.9. The number of hydrogen-bond acceptors (Lipinski definition) is 8. The smallest absolute Gasteiger partial charge is 0.182 e. The maximum atomic E-state index is 12.4. The summed E-state index contributed by atoms with van der Waals surface area (Å²) in [4.78, 5) is 11.8.